The van der Waals surface area contributed by atoms with Gasteiger partial charge in [-0.1, -0.05) is 0 Å². The highest BCUT2D eigenvalue weighted by Gasteiger charge is 2.15. The van der Waals surface area contributed by atoms with E-state index in [1.165, 1.54) is 6.92 Å². The van der Waals surface area contributed by atoms with E-state index in [-0.39, 0.29) is 0 Å². The monoisotopic (exact) mass is 174 g/mol. The topological polar surface area (TPSA) is 127 Å². The second-order valence-corrected chi connectivity index (χ2v) is 2.06. The predicted octanol–water partition coefficient (Wildman–Crippen LogP) is -1.76. The summed E-state index contributed by atoms with van der Waals surface area (Å²) in [6.45, 7) is 1.18. The third-order valence-electron chi connectivity index (χ3n) is 0.980. The maximum absolute atomic E-state index is 10.7. The number of nitrogens with one attached hydrogen (secondary N) is 2. The van der Waals surface area contributed by atoms with Crippen molar-refractivity contribution in [2.75, 3.05) is 0 Å². The molecule has 0 bridgehead atoms. The molecule has 0 aromatic carbocycles. The first-order valence-corrected chi connectivity index (χ1v) is 3.06. The van der Waals surface area contributed by atoms with Crippen LogP contribution in [0.4, 0.5) is 9.59 Å². The van der Waals surface area contributed by atoms with Gasteiger partial charge in [-0.05, 0) is 6.92 Å². The highest BCUT2D eigenvalue weighted by atomic mass is 16.2. The van der Waals surface area contributed by atoms with Gasteiger partial charge in [0.1, 0.15) is 0 Å². The van der Waals surface area contributed by atoms with Crippen molar-refractivity contribution in [1.82, 2.24) is 10.6 Å². The molecule has 0 heterocycles. The molecule has 0 unspecified atom stereocenters. The Kier molecular flexibility index (Phi) is 3.54. The number of rotatable bonds is 3. The zero-order valence-corrected chi connectivity index (χ0v) is 6.46. The van der Waals surface area contributed by atoms with Gasteiger partial charge in [0.25, 0.3) is 0 Å². The van der Waals surface area contributed by atoms with Gasteiger partial charge in [-0.25, -0.2) is 9.59 Å². The largest absolute Gasteiger partial charge is 0.352 e. The highest BCUT2D eigenvalue weighted by Crippen LogP contribution is 1.79. The molecule has 7 heteroatoms. The van der Waals surface area contributed by atoms with Crippen molar-refractivity contribution in [3.05, 3.63) is 0 Å². The Balaban J connectivity index is 4.14. The lowest BCUT2D eigenvalue weighted by molar-refractivity contribution is -0.119. The van der Waals surface area contributed by atoms with Crippen molar-refractivity contribution >= 4 is 17.8 Å². The van der Waals surface area contributed by atoms with Gasteiger partial charge in [0.2, 0.25) is 0 Å². The maximum Gasteiger partial charge on any atom is 0.314 e. The average Bonchev–Trinajstić information content (AvgIpc) is 1.83. The summed E-state index contributed by atoms with van der Waals surface area (Å²) in [5, 5.41) is 3.98. The van der Waals surface area contributed by atoms with E-state index in [0.717, 1.165) is 0 Å². The van der Waals surface area contributed by atoms with Crippen LogP contribution in [0.15, 0.2) is 0 Å². The summed E-state index contributed by atoms with van der Waals surface area (Å²) in [5.74, 6) is -0.465. The van der Waals surface area contributed by atoms with Gasteiger partial charge >= 0.3 is 12.1 Å². The predicted molar refractivity (Wildman–Crippen MR) is 39.9 cm³/mol. The first-order valence-electron chi connectivity index (χ1n) is 3.06. The number of urea groups is 2. The molecule has 0 aliphatic rings. The first kappa shape index (κ1) is 10.2. The normalized spacial score (nSPS) is 9.17. The van der Waals surface area contributed by atoms with E-state index in [0.29, 0.717) is 0 Å². The van der Waals surface area contributed by atoms with Crippen LogP contribution in [0.3, 0.4) is 0 Å². The van der Waals surface area contributed by atoms with Gasteiger partial charge < -0.3 is 22.1 Å². The Bertz CT molecular complexity index is 199. The minimum atomic E-state index is -1.15. The van der Waals surface area contributed by atoms with Gasteiger partial charge in [0, 0.05) is 0 Å². The number of nitrogens with two attached hydrogens (primary N) is 2. The molecule has 0 rings (SSSR count). The summed E-state index contributed by atoms with van der Waals surface area (Å²) < 4.78 is 0. The third-order valence-corrected chi connectivity index (χ3v) is 0.980. The van der Waals surface area contributed by atoms with Crippen LogP contribution < -0.4 is 22.1 Å². The molecule has 0 radical (unpaired) electrons. The fourth-order valence-electron chi connectivity index (χ4n) is 0.524. The molecule has 0 aromatic heterocycles. The number of primary amides is 2. The Morgan fingerprint density at radius 2 is 1.42 bits per heavy atom. The summed E-state index contributed by atoms with van der Waals surface area (Å²) in [6.07, 6.45) is -1.15. The highest BCUT2D eigenvalue weighted by molar-refractivity contribution is 5.89. The molecule has 0 saturated heterocycles. The Morgan fingerprint density at radius 1 is 1.08 bits per heavy atom. The van der Waals surface area contributed by atoms with Gasteiger partial charge in [-0.15, -0.1) is 0 Å². The zero-order chi connectivity index (χ0) is 9.72. The Hall–Kier alpha value is -1.79. The zero-order valence-electron chi connectivity index (χ0n) is 6.46. The van der Waals surface area contributed by atoms with Crippen LogP contribution in [-0.4, -0.2) is 24.0 Å². The van der Waals surface area contributed by atoms with E-state index >= 15 is 0 Å². The molecule has 12 heavy (non-hydrogen) atoms. The van der Waals surface area contributed by atoms with Crippen LogP contribution in [0.2, 0.25) is 0 Å². The minimum Gasteiger partial charge on any atom is -0.352 e. The average molecular weight is 174 g/mol. The van der Waals surface area contributed by atoms with Crippen LogP contribution in [0.25, 0.3) is 0 Å². The number of ketones is 1. The van der Waals surface area contributed by atoms with Crippen LogP contribution in [0.1, 0.15) is 6.92 Å². The lowest BCUT2D eigenvalue weighted by atomic mass is 10.3. The molecule has 0 spiro atoms. The van der Waals surface area contributed by atoms with Crippen LogP contribution >= 0.6 is 0 Å². The van der Waals surface area contributed by atoms with Gasteiger partial charge in [-0.2, -0.15) is 0 Å². The molecule has 4 amide bonds. The minimum absolute atomic E-state index is 0.465. The molecular formula is C5H10N4O3. The van der Waals surface area contributed by atoms with E-state index in [4.69, 9.17) is 11.5 Å². The summed E-state index contributed by atoms with van der Waals surface area (Å²) in [7, 11) is 0. The fraction of sp³-hybridized carbons (Fsp3) is 0.400. The van der Waals surface area contributed by atoms with Crippen molar-refractivity contribution in [2.24, 2.45) is 11.5 Å². The first-order chi connectivity index (χ1) is 5.43. The molecule has 0 aromatic rings. The number of carbonyl (C=O) groups is 3. The SMILES string of the molecule is CC(=O)C(NC(N)=O)NC(N)=O. The van der Waals surface area contributed by atoms with E-state index < -0.39 is 24.0 Å². The van der Waals surface area contributed by atoms with Crippen LogP contribution in [0, 0.1) is 0 Å². The Morgan fingerprint density at radius 3 is 1.58 bits per heavy atom. The molecular weight excluding hydrogens is 164 g/mol. The van der Waals surface area contributed by atoms with Crippen molar-refractivity contribution in [3.63, 3.8) is 0 Å². The molecule has 6 N–H and O–H groups in total. The van der Waals surface area contributed by atoms with Gasteiger partial charge in [0.05, 0.1) is 0 Å². The van der Waals surface area contributed by atoms with Crippen molar-refractivity contribution < 1.29 is 14.4 Å². The maximum atomic E-state index is 10.7. The molecule has 68 valence electrons. The van der Waals surface area contributed by atoms with E-state index in [2.05, 4.69) is 0 Å². The number of hydrogen-bond acceptors (Lipinski definition) is 3. The van der Waals surface area contributed by atoms with E-state index in [1.807, 2.05) is 10.6 Å². The van der Waals surface area contributed by atoms with Crippen molar-refractivity contribution in [3.8, 4) is 0 Å². The summed E-state index contributed by atoms with van der Waals surface area (Å²) in [4.78, 5) is 31.2. The summed E-state index contributed by atoms with van der Waals surface area (Å²) >= 11 is 0. The van der Waals surface area contributed by atoms with E-state index in [1.54, 1.807) is 0 Å². The fourth-order valence-corrected chi connectivity index (χ4v) is 0.524. The smallest absolute Gasteiger partial charge is 0.314 e. The third kappa shape index (κ3) is 4.09. The number of Topliss-reactive ketones (excluding diaryl/α,β-unsaturated/α-hetero) is 1. The lowest BCUT2D eigenvalue weighted by Crippen LogP contribution is -2.54. The summed E-state index contributed by atoms with van der Waals surface area (Å²) in [5.41, 5.74) is 9.42. The van der Waals surface area contributed by atoms with Gasteiger partial charge in [-0.3, -0.25) is 4.79 Å². The quantitative estimate of drug-likeness (QED) is 0.378. The van der Waals surface area contributed by atoms with Gasteiger partial charge in [0.15, 0.2) is 11.9 Å². The molecule has 0 saturated carbocycles. The standard InChI is InChI=1S/C5H10N4O3/c1-2(10)3(8-4(6)11)9-5(7)12/h3H,1H3,(H3,6,8,11)(H3,7,9,12). The molecule has 7 nitrogen and oxygen atoms in total. The van der Waals surface area contributed by atoms with Crippen LogP contribution in [0.5, 0.6) is 0 Å². The van der Waals surface area contributed by atoms with Crippen molar-refractivity contribution in [1.29, 1.82) is 0 Å². The second-order valence-electron chi connectivity index (χ2n) is 2.06. The number of hydrogen-bond donors (Lipinski definition) is 4. The lowest BCUT2D eigenvalue weighted by Gasteiger charge is -2.13. The second kappa shape index (κ2) is 4.16. The molecule has 0 fully saturated rings. The molecule has 0 atom stereocenters. The number of carbonyl (C=O) groups excluding carboxylic acids is 3. The van der Waals surface area contributed by atoms with Crippen LogP contribution in [-0.2, 0) is 4.79 Å². The number of amides is 4. The summed E-state index contributed by atoms with van der Waals surface area (Å²) in [6, 6.07) is -1.83. The Labute approximate surface area is 68.5 Å². The molecule has 0 aliphatic heterocycles. The molecule has 0 aliphatic carbocycles. The van der Waals surface area contributed by atoms with Crippen molar-refractivity contribution in [2.45, 2.75) is 13.1 Å². The van der Waals surface area contributed by atoms with E-state index in [9.17, 15) is 14.4 Å².